The van der Waals surface area contributed by atoms with Crippen LogP contribution in [0.4, 0.5) is 22.1 Å². The van der Waals surface area contributed by atoms with Gasteiger partial charge >= 0.3 is 6.03 Å². The van der Waals surface area contributed by atoms with Crippen LogP contribution >= 0.6 is 0 Å². The Labute approximate surface area is 168 Å². The third kappa shape index (κ3) is 3.39. The first kappa shape index (κ1) is 18.9. The number of nitrogens with one attached hydrogen (secondary N) is 2. The molecule has 2 N–H and O–H groups in total. The van der Waals surface area contributed by atoms with E-state index in [9.17, 15) is 14.4 Å². The number of rotatable bonds is 3. The Morgan fingerprint density at radius 2 is 1.86 bits per heavy atom. The van der Waals surface area contributed by atoms with Gasteiger partial charge in [0.25, 0.3) is 5.91 Å². The third-order valence-corrected chi connectivity index (χ3v) is 5.32. The van der Waals surface area contributed by atoms with E-state index in [2.05, 4.69) is 20.6 Å². The van der Waals surface area contributed by atoms with Crippen LogP contribution in [0.3, 0.4) is 0 Å². The molecule has 1 aromatic heterocycles. The van der Waals surface area contributed by atoms with Crippen LogP contribution in [0.1, 0.15) is 25.3 Å². The van der Waals surface area contributed by atoms with Crippen molar-refractivity contribution < 1.29 is 14.4 Å². The van der Waals surface area contributed by atoms with Gasteiger partial charge in [-0.3, -0.25) is 9.59 Å². The molecule has 9 heteroatoms. The van der Waals surface area contributed by atoms with Gasteiger partial charge in [0.1, 0.15) is 5.54 Å². The number of amides is 4. The normalized spacial score (nSPS) is 18.1. The molecule has 150 valence electrons. The number of carbonyl (C=O) groups excluding carboxylic acids is 3. The number of aryl methyl sites for hydroxylation is 1. The predicted molar refractivity (Wildman–Crippen MR) is 108 cm³/mol. The number of benzene rings is 1. The monoisotopic (exact) mass is 394 g/mol. The number of carbonyl (C=O) groups is 3. The summed E-state index contributed by atoms with van der Waals surface area (Å²) in [6.45, 7) is 4.36. The van der Waals surface area contributed by atoms with Gasteiger partial charge in [-0.1, -0.05) is 6.07 Å². The van der Waals surface area contributed by atoms with Gasteiger partial charge in [0, 0.05) is 32.4 Å². The summed E-state index contributed by atoms with van der Waals surface area (Å²) in [5, 5.41) is 5.60. The van der Waals surface area contributed by atoms with Crippen LogP contribution in [0.2, 0.25) is 0 Å². The molecule has 2 fully saturated rings. The fourth-order valence-electron chi connectivity index (χ4n) is 3.84. The molecule has 2 saturated heterocycles. The Kier molecular flexibility index (Phi) is 4.65. The van der Waals surface area contributed by atoms with Crippen molar-refractivity contribution in [2.24, 2.45) is 0 Å². The summed E-state index contributed by atoms with van der Waals surface area (Å²) >= 11 is 0. The first-order chi connectivity index (χ1) is 13.9. The topological polar surface area (TPSA) is 108 Å². The molecule has 1 spiro atoms. The average molecular weight is 394 g/mol. The number of hydrogen-bond donors (Lipinski definition) is 2. The molecule has 4 amide bonds. The van der Waals surface area contributed by atoms with Gasteiger partial charge in [0.05, 0.1) is 11.4 Å². The summed E-state index contributed by atoms with van der Waals surface area (Å²) in [5.41, 5.74) is 0.735. The summed E-state index contributed by atoms with van der Waals surface area (Å²) in [6, 6.07) is 6.53. The van der Waals surface area contributed by atoms with Crippen LogP contribution in [0.25, 0.3) is 0 Å². The van der Waals surface area contributed by atoms with E-state index in [0.29, 0.717) is 43.3 Å². The van der Waals surface area contributed by atoms with Gasteiger partial charge in [-0.2, -0.15) is 0 Å². The van der Waals surface area contributed by atoms with Crippen molar-refractivity contribution in [2.75, 3.05) is 28.2 Å². The average Bonchev–Trinajstić information content (AvgIpc) is 2.94. The Balaban J connectivity index is 1.59. The van der Waals surface area contributed by atoms with Crippen molar-refractivity contribution in [3.63, 3.8) is 0 Å². The highest BCUT2D eigenvalue weighted by Gasteiger charge is 2.53. The summed E-state index contributed by atoms with van der Waals surface area (Å²) in [5.74, 6) is 0.0454. The maximum absolute atomic E-state index is 13.4. The fourth-order valence-corrected chi connectivity index (χ4v) is 3.84. The van der Waals surface area contributed by atoms with Crippen molar-refractivity contribution in [3.8, 4) is 0 Å². The SMILES string of the molecule is CC(=O)Nc1ccc(C)cc1N1C(=O)NC2(CCN(c3ncccn3)CC2)C1=O. The molecule has 4 rings (SSSR count). The van der Waals surface area contributed by atoms with Crippen molar-refractivity contribution in [1.82, 2.24) is 15.3 Å². The van der Waals surface area contributed by atoms with Crippen LogP contribution in [-0.2, 0) is 9.59 Å². The molecule has 2 aliphatic heterocycles. The number of piperidine rings is 1. The van der Waals surface area contributed by atoms with E-state index < -0.39 is 11.6 Å². The zero-order chi connectivity index (χ0) is 20.6. The molecule has 9 nitrogen and oxygen atoms in total. The highest BCUT2D eigenvalue weighted by atomic mass is 16.2. The second-order valence-corrected chi connectivity index (χ2v) is 7.39. The largest absolute Gasteiger partial charge is 0.341 e. The molecule has 3 heterocycles. The minimum absolute atomic E-state index is 0.270. The first-order valence-electron chi connectivity index (χ1n) is 9.46. The molecular formula is C20H22N6O3. The molecule has 0 atom stereocenters. The summed E-state index contributed by atoms with van der Waals surface area (Å²) in [4.78, 5) is 49.4. The molecule has 29 heavy (non-hydrogen) atoms. The first-order valence-corrected chi connectivity index (χ1v) is 9.46. The number of urea groups is 1. The lowest BCUT2D eigenvalue weighted by atomic mass is 9.87. The Morgan fingerprint density at radius 1 is 1.17 bits per heavy atom. The third-order valence-electron chi connectivity index (χ3n) is 5.32. The van der Waals surface area contributed by atoms with Crippen molar-refractivity contribution in [1.29, 1.82) is 0 Å². The summed E-state index contributed by atoms with van der Waals surface area (Å²) in [7, 11) is 0. The minimum Gasteiger partial charge on any atom is -0.341 e. The van der Waals surface area contributed by atoms with Crippen LogP contribution in [0, 0.1) is 6.92 Å². The second kappa shape index (κ2) is 7.16. The quantitative estimate of drug-likeness (QED) is 0.769. The van der Waals surface area contributed by atoms with E-state index in [0.717, 1.165) is 10.5 Å². The zero-order valence-electron chi connectivity index (χ0n) is 16.3. The van der Waals surface area contributed by atoms with Gasteiger partial charge in [0.2, 0.25) is 11.9 Å². The zero-order valence-corrected chi connectivity index (χ0v) is 16.3. The lowest BCUT2D eigenvalue weighted by Gasteiger charge is -2.37. The number of nitrogens with zero attached hydrogens (tertiary/aromatic N) is 4. The van der Waals surface area contributed by atoms with Gasteiger partial charge in [0.15, 0.2) is 0 Å². The smallest absolute Gasteiger partial charge is 0.329 e. The second-order valence-electron chi connectivity index (χ2n) is 7.39. The molecule has 0 radical (unpaired) electrons. The van der Waals surface area contributed by atoms with E-state index in [4.69, 9.17) is 0 Å². The minimum atomic E-state index is -0.959. The highest BCUT2D eigenvalue weighted by Crippen LogP contribution is 2.36. The number of anilines is 3. The van der Waals surface area contributed by atoms with E-state index in [1.54, 1.807) is 30.6 Å². The van der Waals surface area contributed by atoms with Gasteiger partial charge in [-0.05, 0) is 43.5 Å². The maximum Gasteiger partial charge on any atom is 0.329 e. The Hall–Kier alpha value is -3.49. The van der Waals surface area contributed by atoms with E-state index in [-0.39, 0.29) is 11.8 Å². The van der Waals surface area contributed by atoms with Crippen molar-refractivity contribution in [2.45, 2.75) is 32.2 Å². The van der Waals surface area contributed by atoms with Gasteiger partial charge in [-0.15, -0.1) is 0 Å². The maximum atomic E-state index is 13.4. The summed E-state index contributed by atoms with van der Waals surface area (Å²) < 4.78 is 0. The van der Waals surface area contributed by atoms with Gasteiger partial charge in [-0.25, -0.2) is 19.7 Å². The lowest BCUT2D eigenvalue weighted by Crippen LogP contribution is -2.55. The standard InChI is InChI=1S/C20H22N6O3/c1-13-4-5-15(23-14(2)27)16(12-13)26-17(28)20(24-19(26)29)6-10-25(11-7-20)18-21-8-3-9-22-18/h3-5,8-9,12H,6-7,10-11H2,1-2H3,(H,23,27)(H,24,29). The number of imide groups is 1. The molecule has 1 aromatic carbocycles. The van der Waals surface area contributed by atoms with Crippen molar-refractivity contribution in [3.05, 3.63) is 42.2 Å². The fraction of sp³-hybridized carbons (Fsp3) is 0.350. The van der Waals surface area contributed by atoms with E-state index in [1.807, 2.05) is 17.9 Å². The molecule has 0 aliphatic carbocycles. The Bertz CT molecular complexity index is 969. The van der Waals surface area contributed by atoms with Crippen LogP contribution in [0.15, 0.2) is 36.7 Å². The molecule has 0 saturated carbocycles. The molecular weight excluding hydrogens is 372 g/mol. The molecule has 2 aromatic rings. The van der Waals surface area contributed by atoms with Gasteiger partial charge < -0.3 is 15.5 Å². The van der Waals surface area contributed by atoms with E-state index >= 15 is 0 Å². The molecule has 2 aliphatic rings. The van der Waals surface area contributed by atoms with Crippen molar-refractivity contribution >= 4 is 35.2 Å². The van der Waals surface area contributed by atoms with Crippen LogP contribution in [0.5, 0.6) is 0 Å². The number of aromatic nitrogens is 2. The van der Waals surface area contributed by atoms with E-state index in [1.165, 1.54) is 6.92 Å². The molecule has 0 unspecified atom stereocenters. The van der Waals surface area contributed by atoms with Crippen LogP contribution in [-0.4, -0.2) is 46.4 Å². The molecule has 0 bridgehead atoms. The highest BCUT2D eigenvalue weighted by molar-refractivity contribution is 6.25. The Morgan fingerprint density at radius 3 is 2.52 bits per heavy atom. The summed E-state index contributed by atoms with van der Waals surface area (Å²) in [6.07, 6.45) is 4.26. The van der Waals surface area contributed by atoms with Crippen LogP contribution < -0.4 is 20.4 Å². The number of hydrogen-bond acceptors (Lipinski definition) is 6. The lowest BCUT2D eigenvalue weighted by molar-refractivity contribution is -0.122. The predicted octanol–water partition coefficient (Wildman–Crippen LogP) is 1.84.